The van der Waals surface area contributed by atoms with Crippen molar-refractivity contribution in [2.75, 3.05) is 32.8 Å². The molecule has 0 spiro atoms. The molecule has 13 N–H and O–H groups in total. The summed E-state index contributed by atoms with van der Waals surface area (Å²) in [7, 11) is -8.04. The minimum absolute atomic E-state index is 0.00614. The van der Waals surface area contributed by atoms with Crippen molar-refractivity contribution in [1.82, 2.24) is 36.4 Å². The Labute approximate surface area is 556 Å². The Hall–Kier alpha value is -8.05. The SMILES string of the molecule is CCCCCCCCOc1ccc2cc(C(=O)N[C@H]3CCCNC(=O)[C@@H]4C[C@H](N)CN4C(=O)[C@H](CCCCN)NC(=O)[C@H](CCc4ccc(O)cc4)NC(=O)[C@@H]4CCCN4C(=O)[C@H]([C@@H](C)O)NC3=O)ccc2c1.Cc1ccc(S(=O)(=O)O)cc1.Cc1ccc(S(=O)(=O)O)cc1. The van der Waals surface area contributed by atoms with E-state index in [1.165, 1.54) is 78.8 Å². The zero-order valence-corrected chi connectivity index (χ0v) is 56.0. The highest BCUT2D eigenvalue weighted by Gasteiger charge is 2.43. The average molecular weight is 1360 g/mol. The highest BCUT2D eigenvalue weighted by molar-refractivity contribution is 7.86. The predicted octanol–water partition coefficient (Wildman–Crippen LogP) is 5.29. The third-order valence-electron chi connectivity index (χ3n) is 16.7. The Morgan fingerprint density at radius 1 is 0.663 bits per heavy atom. The van der Waals surface area contributed by atoms with Crippen LogP contribution in [0, 0.1) is 13.8 Å². The minimum atomic E-state index is -4.02. The number of carbonyl (C=O) groups excluding carboxylic acids is 7. The summed E-state index contributed by atoms with van der Waals surface area (Å²) < 4.78 is 65.1. The normalized spacial score (nSPS) is 21.2. The van der Waals surface area contributed by atoms with Crippen molar-refractivity contribution in [3.63, 3.8) is 0 Å². The number of amides is 7. The molecular formula is C68H93N9O16S2. The number of aliphatic hydroxyl groups excluding tert-OH is 1. The summed E-state index contributed by atoms with van der Waals surface area (Å²) in [4.78, 5) is 102. The number of nitrogens with two attached hydrogens (primary N) is 2. The Bertz CT molecular complexity index is 3540. The van der Waals surface area contributed by atoms with Gasteiger partial charge >= 0.3 is 0 Å². The molecule has 3 saturated heterocycles. The first-order valence-electron chi connectivity index (χ1n) is 32.4. The number of nitrogens with one attached hydrogen (secondary N) is 5. The Morgan fingerprint density at radius 2 is 1.27 bits per heavy atom. The molecule has 0 bridgehead atoms. The number of unbranched alkanes of at least 4 members (excludes halogenated alkanes) is 6. The molecule has 3 heterocycles. The van der Waals surface area contributed by atoms with Gasteiger partial charge in [0.15, 0.2) is 0 Å². The van der Waals surface area contributed by atoms with Crippen LogP contribution in [-0.2, 0) is 55.4 Å². The van der Waals surface area contributed by atoms with E-state index < -0.39 is 110 Å². The van der Waals surface area contributed by atoms with Crippen molar-refractivity contribution in [2.24, 2.45) is 11.5 Å². The van der Waals surface area contributed by atoms with Crippen molar-refractivity contribution in [1.29, 1.82) is 0 Å². The monoisotopic (exact) mass is 1360 g/mol. The summed E-state index contributed by atoms with van der Waals surface area (Å²) in [6.07, 6.45) is 7.99. The maximum absolute atomic E-state index is 14.5. The molecule has 7 amide bonds. The number of aryl methyl sites for hydroxylation is 3. The van der Waals surface area contributed by atoms with Gasteiger partial charge < -0.3 is 62.8 Å². The van der Waals surface area contributed by atoms with E-state index in [9.17, 15) is 60.6 Å². The van der Waals surface area contributed by atoms with Crippen LogP contribution in [0.4, 0.5) is 0 Å². The van der Waals surface area contributed by atoms with Crippen LogP contribution in [0.2, 0.25) is 0 Å². The molecule has 3 aliphatic rings. The topological polar surface area (TPSA) is 397 Å². The Balaban J connectivity index is 0.000000544. The number of carbonyl (C=O) groups is 7. The van der Waals surface area contributed by atoms with E-state index in [0.29, 0.717) is 32.4 Å². The molecule has 25 nitrogen and oxygen atoms in total. The molecule has 518 valence electrons. The van der Waals surface area contributed by atoms with Crippen molar-refractivity contribution in [2.45, 2.75) is 189 Å². The van der Waals surface area contributed by atoms with Crippen LogP contribution >= 0.6 is 0 Å². The quantitative estimate of drug-likeness (QED) is 0.0348. The number of aliphatic hydroxyl groups is 1. The molecule has 5 aromatic carbocycles. The van der Waals surface area contributed by atoms with Crippen LogP contribution < -0.4 is 42.8 Å². The Morgan fingerprint density at radius 3 is 1.89 bits per heavy atom. The number of rotatable bonds is 20. The molecule has 95 heavy (non-hydrogen) atoms. The first kappa shape index (κ1) is 76.0. The van der Waals surface area contributed by atoms with Gasteiger partial charge in [-0.1, -0.05) is 98.7 Å². The second kappa shape index (κ2) is 36.7. The van der Waals surface area contributed by atoms with Gasteiger partial charge in [0.1, 0.15) is 47.8 Å². The van der Waals surface area contributed by atoms with Gasteiger partial charge in [0.2, 0.25) is 35.4 Å². The predicted molar refractivity (Wildman–Crippen MR) is 358 cm³/mol. The van der Waals surface area contributed by atoms with Crippen LogP contribution in [0.3, 0.4) is 0 Å². The second-order valence-corrected chi connectivity index (χ2v) is 27.2. The largest absolute Gasteiger partial charge is 0.508 e. The smallest absolute Gasteiger partial charge is 0.294 e. The van der Waals surface area contributed by atoms with E-state index >= 15 is 0 Å². The van der Waals surface area contributed by atoms with Crippen LogP contribution in [0.5, 0.6) is 11.5 Å². The van der Waals surface area contributed by atoms with Crippen LogP contribution in [0.25, 0.3) is 10.8 Å². The third kappa shape index (κ3) is 23.7. The summed E-state index contributed by atoms with van der Waals surface area (Å²) in [5.41, 5.74) is 15.1. The second-order valence-electron chi connectivity index (χ2n) is 24.4. The summed E-state index contributed by atoms with van der Waals surface area (Å²) in [6.45, 7) is 8.37. The fourth-order valence-electron chi connectivity index (χ4n) is 11.3. The van der Waals surface area contributed by atoms with Gasteiger partial charge in [-0.3, -0.25) is 42.7 Å². The third-order valence-corrected chi connectivity index (χ3v) is 18.5. The number of ether oxygens (including phenoxy) is 1. The molecule has 8 rings (SSSR count). The molecule has 0 aromatic heterocycles. The standard InChI is InChI=1S/C54H77N9O10.2C7H8O3S/c1-3-4-5-6-7-10-29-73-41-24-21-36-30-38(20-19-37(36)31-41)48(66)58-42-14-11-27-57-51(69)46-32-39(56)33-63(46)53(71)44(13-8-9-26-55)60-49(67)43(25-18-35-16-22-40(65)23-17-35)59-52(70)45-15-12-28-62(45)54(72)47(34(2)64)61-50(42)68;2*1-6-2-4-7(5-3-6)11(8,9)10/h16-17,19-24,30-31,34,39,42-47,64-65H,3-15,18,25-29,32-33,55-56H2,1-2H3,(H,57,69)(H,58,66)(H,59,70)(H,60,67)(H,61,68);2*2-5H,1H3,(H,8,9,10)/t34-,39+,42+,43+,44+,45+,46+,47+;;/m1../s1. The number of fused-ring (bicyclic) bond motifs is 3. The molecule has 3 fully saturated rings. The molecule has 0 aliphatic carbocycles. The highest BCUT2D eigenvalue weighted by Crippen LogP contribution is 2.26. The van der Waals surface area contributed by atoms with Gasteiger partial charge in [0, 0.05) is 31.2 Å². The minimum Gasteiger partial charge on any atom is -0.508 e. The van der Waals surface area contributed by atoms with Crippen molar-refractivity contribution in [3.8, 4) is 11.5 Å². The lowest BCUT2D eigenvalue weighted by Crippen LogP contribution is -2.61. The maximum Gasteiger partial charge on any atom is 0.294 e. The molecule has 0 radical (unpaired) electrons. The first-order valence-corrected chi connectivity index (χ1v) is 35.3. The zero-order valence-electron chi connectivity index (χ0n) is 54.4. The van der Waals surface area contributed by atoms with Gasteiger partial charge in [-0.05, 0) is 175 Å². The molecular weight excluding hydrogens is 1260 g/mol. The van der Waals surface area contributed by atoms with Crippen LogP contribution in [0.15, 0.2) is 119 Å². The number of nitrogens with zero attached hydrogens (tertiary/aromatic N) is 2. The van der Waals surface area contributed by atoms with Gasteiger partial charge in [0.25, 0.3) is 26.1 Å². The van der Waals surface area contributed by atoms with Crippen molar-refractivity contribution < 1.29 is 74.5 Å². The van der Waals surface area contributed by atoms with E-state index in [0.717, 1.165) is 46.1 Å². The summed E-state index contributed by atoms with van der Waals surface area (Å²) >= 11 is 0. The van der Waals surface area contributed by atoms with Crippen LogP contribution in [-0.4, -0.2) is 168 Å². The highest BCUT2D eigenvalue weighted by atomic mass is 32.2. The molecule has 3 aliphatic heterocycles. The van der Waals surface area contributed by atoms with Crippen molar-refractivity contribution in [3.05, 3.63) is 131 Å². The van der Waals surface area contributed by atoms with E-state index in [1.807, 2.05) is 32.0 Å². The number of hydrogen-bond donors (Lipinski definition) is 11. The fraction of sp³-hybridized carbons (Fsp3) is 0.485. The Kier molecular flexibility index (Phi) is 29.4. The maximum atomic E-state index is 14.5. The lowest BCUT2D eigenvalue weighted by molar-refractivity contribution is -0.144. The molecule has 0 unspecified atom stereocenters. The van der Waals surface area contributed by atoms with Gasteiger partial charge in [-0.25, -0.2) is 0 Å². The van der Waals surface area contributed by atoms with E-state index in [4.69, 9.17) is 25.3 Å². The number of aromatic hydroxyl groups is 1. The molecule has 5 aromatic rings. The number of phenols is 1. The number of hydrogen-bond acceptors (Lipinski definition) is 16. The number of benzene rings is 5. The molecule has 8 atom stereocenters. The average Bonchev–Trinajstić information content (AvgIpc) is 1.80. The zero-order chi connectivity index (χ0) is 69.4. The van der Waals surface area contributed by atoms with Crippen LogP contribution in [0.1, 0.15) is 137 Å². The fourth-order valence-corrected chi connectivity index (χ4v) is 12.3. The summed E-state index contributed by atoms with van der Waals surface area (Å²) in [5, 5.41) is 36.6. The first-order chi connectivity index (χ1) is 45.2. The lowest BCUT2D eigenvalue weighted by atomic mass is 10.0. The molecule has 0 saturated carbocycles. The lowest BCUT2D eigenvalue weighted by Gasteiger charge is -2.32. The van der Waals surface area contributed by atoms with Crippen molar-refractivity contribution >= 4 is 72.4 Å². The van der Waals surface area contributed by atoms with E-state index in [2.05, 4.69) is 33.5 Å². The number of phenolic OH excluding ortho intramolecular Hbond substituents is 1. The van der Waals surface area contributed by atoms with E-state index in [-0.39, 0.29) is 85.7 Å². The van der Waals surface area contributed by atoms with Gasteiger partial charge in [-0.15, -0.1) is 0 Å². The summed E-state index contributed by atoms with van der Waals surface area (Å²) in [5.74, 6) is -3.62. The van der Waals surface area contributed by atoms with Gasteiger partial charge in [0.05, 0.1) is 22.5 Å². The molecule has 27 heteroatoms. The van der Waals surface area contributed by atoms with Gasteiger partial charge in [-0.2, -0.15) is 16.8 Å². The summed E-state index contributed by atoms with van der Waals surface area (Å²) in [6, 6.07) is 21.5. The van der Waals surface area contributed by atoms with E-state index in [1.54, 1.807) is 54.6 Å².